The number of rotatable bonds is 3. The lowest BCUT2D eigenvalue weighted by Gasteiger charge is -2.26. The third-order valence-corrected chi connectivity index (χ3v) is 10.6. The maximum absolute atomic E-state index is 3.52. The van der Waals surface area contributed by atoms with Crippen molar-refractivity contribution in [1.82, 2.24) is 0 Å². The molecule has 0 rings (SSSR count). The summed E-state index contributed by atoms with van der Waals surface area (Å²) in [4.78, 5) is 0.309. The topological polar surface area (TPSA) is 0 Å². The molecule has 10 heavy (non-hydrogen) atoms. The van der Waals surface area contributed by atoms with Crippen molar-refractivity contribution >= 4 is 95.6 Å². The predicted molar refractivity (Wildman–Crippen MR) is 68.7 cm³/mol. The van der Waals surface area contributed by atoms with Gasteiger partial charge in [0.25, 0.3) is 0 Å². The second kappa shape index (κ2) is 5.58. The summed E-state index contributed by atoms with van der Waals surface area (Å²) in [7, 11) is 0. The standard InChI is InChI=1S/C4H4Br6/c5-1-2(6)4(9,10)3(7)8/h2-3H,1H2. The Labute approximate surface area is 111 Å². The summed E-state index contributed by atoms with van der Waals surface area (Å²) in [5.74, 6) is 0. The first-order valence-corrected chi connectivity index (χ1v) is 7.74. The average molecular weight is 532 g/mol. The lowest BCUT2D eigenvalue weighted by molar-refractivity contribution is 0.926. The van der Waals surface area contributed by atoms with Gasteiger partial charge >= 0.3 is 0 Å². The Balaban J connectivity index is 4.09. The zero-order valence-electron chi connectivity index (χ0n) is 4.63. The fourth-order valence-electron chi connectivity index (χ4n) is 0.240. The first-order chi connectivity index (χ1) is 4.42. The van der Waals surface area contributed by atoms with Gasteiger partial charge < -0.3 is 0 Å². The van der Waals surface area contributed by atoms with Gasteiger partial charge in [-0.1, -0.05) is 95.6 Å². The zero-order valence-corrected chi connectivity index (χ0v) is 14.1. The molecule has 0 amide bonds. The van der Waals surface area contributed by atoms with E-state index in [1.807, 2.05) is 0 Å². The van der Waals surface area contributed by atoms with Crippen LogP contribution in [0, 0.1) is 0 Å². The third kappa shape index (κ3) is 3.73. The highest BCUT2D eigenvalue weighted by Gasteiger charge is 2.36. The molecule has 0 spiro atoms. The highest BCUT2D eigenvalue weighted by molar-refractivity contribution is 9.30. The van der Waals surface area contributed by atoms with Gasteiger partial charge in [-0.2, -0.15) is 0 Å². The maximum Gasteiger partial charge on any atom is 0.116 e. The molecule has 0 radical (unpaired) electrons. The van der Waals surface area contributed by atoms with Gasteiger partial charge in [-0.3, -0.25) is 0 Å². The van der Waals surface area contributed by atoms with E-state index < -0.39 is 0 Å². The van der Waals surface area contributed by atoms with Crippen molar-refractivity contribution in [2.45, 2.75) is 11.8 Å². The van der Waals surface area contributed by atoms with E-state index in [0.717, 1.165) is 5.33 Å². The Morgan fingerprint density at radius 1 is 1.10 bits per heavy atom. The number of hydrogen-bond donors (Lipinski definition) is 0. The van der Waals surface area contributed by atoms with Gasteiger partial charge in [0.05, 0.1) is 8.56 Å². The van der Waals surface area contributed by atoms with Crippen molar-refractivity contribution in [3.05, 3.63) is 0 Å². The molecule has 0 fully saturated rings. The summed E-state index contributed by atoms with van der Waals surface area (Å²) < 4.78 is 0.0122. The number of halogens is 6. The van der Waals surface area contributed by atoms with Gasteiger partial charge in [0.15, 0.2) is 0 Å². The van der Waals surface area contributed by atoms with Crippen LogP contribution in [-0.2, 0) is 0 Å². The molecule has 1 atom stereocenters. The molecule has 0 saturated carbocycles. The van der Waals surface area contributed by atoms with Crippen LogP contribution in [0.1, 0.15) is 0 Å². The Hall–Kier alpha value is 2.88. The van der Waals surface area contributed by atoms with E-state index in [4.69, 9.17) is 0 Å². The predicted octanol–water partition coefficient (Wildman–Crippen LogP) is 4.75. The van der Waals surface area contributed by atoms with Crippen molar-refractivity contribution < 1.29 is 0 Å². The van der Waals surface area contributed by atoms with Crippen LogP contribution in [-0.4, -0.2) is 17.1 Å². The summed E-state index contributed by atoms with van der Waals surface area (Å²) in [6.45, 7) is 0. The molecule has 0 aliphatic heterocycles. The highest BCUT2D eigenvalue weighted by Crippen LogP contribution is 2.44. The molecule has 0 nitrogen and oxygen atoms in total. The summed E-state index contributed by atoms with van der Waals surface area (Å²) in [5.41, 5.74) is 0. The minimum Gasteiger partial charge on any atom is -0.0915 e. The minimum atomic E-state index is -0.163. The van der Waals surface area contributed by atoms with Gasteiger partial charge in [0, 0.05) is 5.33 Å². The van der Waals surface area contributed by atoms with Crippen molar-refractivity contribution in [3.63, 3.8) is 0 Å². The van der Waals surface area contributed by atoms with Gasteiger partial charge in [-0.25, -0.2) is 0 Å². The first-order valence-electron chi connectivity index (χ1n) is 2.29. The van der Waals surface area contributed by atoms with E-state index in [1.54, 1.807) is 0 Å². The van der Waals surface area contributed by atoms with Crippen LogP contribution in [0.3, 0.4) is 0 Å². The normalized spacial score (nSPS) is 15.9. The molecule has 1 unspecified atom stereocenters. The van der Waals surface area contributed by atoms with Crippen LogP contribution in [0.5, 0.6) is 0 Å². The number of hydrogen-bond acceptors (Lipinski definition) is 0. The third-order valence-electron chi connectivity index (χ3n) is 0.844. The Kier molecular flexibility index (Phi) is 7.18. The van der Waals surface area contributed by atoms with Crippen molar-refractivity contribution in [2.24, 2.45) is 0 Å². The Bertz CT molecular complexity index is 99.9. The second-order valence-electron chi connectivity index (χ2n) is 1.60. The van der Waals surface area contributed by atoms with Crippen LogP contribution in [0.15, 0.2) is 0 Å². The van der Waals surface area contributed by atoms with Crippen LogP contribution in [0.25, 0.3) is 0 Å². The monoisotopic (exact) mass is 526 g/mol. The molecule has 0 aromatic heterocycles. The number of alkyl halides is 6. The quantitative estimate of drug-likeness (QED) is 0.462. The van der Waals surface area contributed by atoms with Crippen LogP contribution >= 0.6 is 95.6 Å². The SMILES string of the molecule is BrCC(Br)C(Br)(Br)C(Br)Br. The van der Waals surface area contributed by atoms with Crippen LogP contribution in [0.2, 0.25) is 0 Å². The van der Waals surface area contributed by atoms with E-state index in [-0.39, 0.29) is 6.97 Å². The second-order valence-corrected chi connectivity index (χ2v) is 10.1. The molecule has 0 aliphatic rings. The molecular weight excluding hydrogens is 527 g/mol. The lowest BCUT2D eigenvalue weighted by Crippen LogP contribution is -2.32. The van der Waals surface area contributed by atoms with E-state index >= 15 is 0 Å². The zero-order chi connectivity index (χ0) is 8.36. The molecule has 62 valence electrons. The molecule has 0 aromatic carbocycles. The van der Waals surface area contributed by atoms with E-state index in [1.165, 1.54) is 0 Å². The van der Waals surface area contributed by atoms with E-state index in [0.29, 0.717) is 4.83 Å². The average Bonchev–Trinajstić information content (AvgIpc) is 1.86. The van der Waals surface area contributed by atoms with Crippen molar-refractivity contribution in [3.8, 4) is 0 Å². The Morgan fingerprint density at radius 3 is 1.60 bits per heavy atom. The molecule has 0 N–H and O–H groups in total. The van der Waals surface area contributed by atoms with Crippen molar-refractivity contribution in [1.29, 1.82) is 0 Å². The van der Waals surface area contributed by atoms with Gasteiger partial charge in [-0.05, 0) is 0 Å². The fourth-order valence-corrected chi connectivity index (χ4v) is 3.55. The smallest absolute Gasteiger partial charge is 0.0915 e. The highest BCUT2D eigenvalue weighted by atomic mass is 79.9. The van der Waals surface area contributed by atoms with Crippen LogP contribution < -0.4 is 0 Å². The lowest BCUT2D eigenvalue weighted by atomic mass is 10.4. The summed E-state index contributed by atoms with van der Waals surface area (Å²) in [6, 6.07) is 0. The fraction of sp³-hybridized carbons (Fsp3) is 1.00. The van der Waals surface area contributed by atoms with E-state index in [9.17, 15) is 0 Å². The molecular formula is C4H4Br6. The molecule has 0 saturated heterocycles. The largest absolute Gasteiger partial charge is 0.116 e. The van der Waals surface area contributed by atoms with Crippen LogP contribution in [0.4, 0.5) is 0 Å². The molecule has 0 bridgehead atoms. The first kappa shape index (κ1) is 12.9. The molecule has 0 aliphatic carbocycles. The van der Waals surface area contributed by atoms with Gasteiger partial charge in [-0.15, -0.1) is 0 Å². The van der Waals surface area contributed by atoms with Crippen molar-refractivity contribution in [2.75, 3.05) is 5.33 Å². The van der Waals surface area contributed by atoms with E-state index in [2.05, 4.69) is 95.6 Å². The minimum absolute atomic E-state index is 0.163. The maximum atomic E-state index is 3.52. The summed E-state index contributed by atoms with van der Waals surface area (Å²) in [6.07, 6.45) is 0. The molecule has 0 aromatic rings. The van der Waals surface area contributed by atoms with Gasteiger partial charge in [0.2, 0.25) is 0 Å². The molecule has 6 heteroatoms. The summed E-state index contributed by atoms with van der Waals surface area (Å²) >= 11 is 20.7. The van der Waals surface area contributed by atoms with Gasteiger partial charge in [0.1, 0.15) is 3.23 Å². The Morgan fingerprint density at radius 2 is 1.50 bits per heavy atom. The summed E-state index contributed by atoms with van der Waals surface area (Å²) in [5, 5.41) is 0.872. The molecule has 0 heterocycles.